The lowest BCUT2D eigenvalue weighted by Crippen LogP contribution is -2.18. The maximum atomic E-state index is 5.78. The van der Waals surface area contributed by atoms with Crippen LogP contribution in [-0.4, -0.2) is 19.5 Å². The fourth-order valence-corrected chi connectivity index (χ4v) is 3.29. The molecule has 2 nitrogen and oxygen atoms in total. The number of fused-ring (bicyclic) bond motifs is 1. The molecule has 0 bridgehead atoms. The van der Waals surface area contributed by atoms with Gasteiger partial charge in [-0.15, -0.1) is 0 Å². The smallest absolute Gasteiger partial charge is 0.180 e. The average molecular weight is 278 g/mol. The fourth-order valence-electron chi connectivity index (χ4n) is 3.29. The number of rotatable bonds is 2. The molecule has 1 aliphatic carbocycles. The predicted molar refractivity (Wildman–Crippen MR) is 82.9 cm³/mol. The van der Waals surface area contributed by atoms with Gasteiger partial charge in [0.2, 0.25) is 0 Å². The van der Waals surface area contributed by atoms with Gasteiger partial charge >= 0.3 is 0 Å². The Morgan fingerprint density at radius 2 is 1.48 bits per heavy atom. The molecule has 0 amide bonds. The first-order valence-electron chi connectivity index (χ1n) is 7.53. The van der Waals surface area contributed by atoms with E-state index in [0.29, 0.717) is 13.2 Å². The van der Waals surface area contributed by atoms with Crippen LogP contribution in [-0.2, 0) is 15.9 Å². The highest BCUT2D eigenvalue weighted by molar-refractivity contribution is 5.85. The van der Waals surface area contributed by atoms with Crippen molar-refractivity contribution in [2.24, 2.45) is 0 Å². The second kappa shape index (κ2) is 5.47. The Labute approximate surface area is 125 Å². The summed E-state index contributed by atoms with van der Waals surface area (Å²) < 4.78 is 11.6. The van der Waals surface area contributed by atoms with Crippen molar-refractivity contribution in [3.05, 3.63) is 76.9 Å². The van der Waals surface area contributed by atoms with Crippen molar-refractivity contribution in [2.45, 2.75) is 19.1 Å². The largest absolute Gasteiger partial charge is 0.346 e. The highest BCUT2D eigenvalue weighted by Gasteiger charge is 2.28. The summed E-state index contributed by atoms with van der Waals surface area (Å²) in [5.41, 5.74) is 6.57. The van der Waals surface area contributed by atoms with Crippen LogP contribution in [0, 0.1) is 0 Å². The Hall–Kier alpha value is -1.90. The zero-order chi connectivity index (χ0) is 14.1. The molecule has 0 radical (unpaired) electrons. The molecule has 1 heterocycles. The normalized spacial score (nSPS) is 18.9. The van der Waals surface area contributed by atoms with Crippen molar-refractivity contribution in [2.75, 3.05) is 13.2 Å². The second-order valence-electron chi connectivity index (χ2n) is 5.50. The van der Waals surface area contributed by atoms with E-state index in [9.17, 15) is 0 Å². The summed E-state index contributed by atoms with van der Waals surface area (Å²) in [4.78, 5) is 0. The van der Waals surface area contributed by atoms with E-state index in [2.05, 4.69) is 54.6 Å². The molecule has 2 aromatic rings. The highest BCUT2D eigenvalue weighted by atomic mass is 16.7. The van der Waals surface area contributed by atoms with E-state index < -0.39 is 0 Å². The summed E-state index contributed by atoms with van der Waals surface area (Å²) in [5.74, 6) is 0. The molecule has 2 aliphatic rings. The average Bonchev–Trinajstić information content (AvgIpc) is 3.09. The molecule has 4 rings (SSSR count). The van der Waals surface area contributed by atoms with Gasteiger partial charge in [0, 0.05) is 0 Å². The van der Waals surface area contributed by atoms with Gasteiger partial charge in [-0.05, 0) is 40.7 Å². The first kappa shape index (κ1) is 12.8. The van der Waals surface area contributed by atoms with Gasteiger partial charge in [0.25, 0.3) is 0 Å². The van der Waals surface area contributed by atoms with Crippen LogP contribution in [0.3, 0.4) is 0 Å². The summed E-state index contributed by atoms with van der Waals surface area (Å²) >= 11 is 0. The van der Waals surface area contributed by atoms with Crippen molar-refractivity contribution >= 4 is 5.57 Å². The Kier molecular flexibility index (Phi) is 3.34. The van der Waals surface area contributed by atoms with E-state index in [0.717, 1.165) is 12.8 Å². The molecule has 0 aromatic heterocycles. The second-order valence-corrected chi connectivity index (χ2v) is 5.50. The molecule has 0 saturated carbocycles. The van der Waals surface area contributed by atoms with Crippen molar-refractivity contribution in [1.82, 2.24) is 0 Å². The van der Waals surface area contributed by atoms with E-state index in [1.165, 1.54) is 27.8 Å². The molecule has 2 heteroatoms. The minimum Gasteiger partial charge on any atom is -0.346 e. The molecule has 2 aromatic carbocycles. The van der Waals surface area contributed by atoms with Crippen LogP contribution >= 0.6 is 0 Å². The van der Waals surface area contributed by atoms with Crippen LogP contribution < -0.4 is 0 Å². The Morgan fingerprint density at radius 3 is 2.29 bits per heavy atom. The van der Waals surface area contributed by atoms with Crippen LogP contribution in [0.15, 0.2) is 60.2 Å². The van der Waals surface area contributed by atoms with E-state index >= 15 is 0 Å². The van der Waals surface area contributed by atoms with Gasteiger partial charge in [-0.3, -0.25) is 0 Å². The zero-order valence-corrected chi connectivity index (χ0v) is 11.9. The van der Waals surface area contributed by atoms with Gasteiger partial charge in [-0.25, -0.2) is 0 Å². The molecule has 1 saturated heterocycles. The Balaban J connectivity index is 1.91. The van der Waals surface area contributed by atoms with Crippen molar-refractivity contribution in [3.63, 3.8) is 0 Å². The number of aryl methyl sites for hydroxylation is 1. The predicted octanol–water partition coefficient (Wildman–Crippen LogP) is 3.81. The van der Waals surface area contributed by atoms with Crippen molar-refractivity contribution < 1.29 is 9.47 Å². The number of benzene rings is 2. The van der Waals surface area contributed by atoms with Crippen LogP contribution in [0.5, 0.6) is 0 Å². The maximum absolute atomic E-state index is 5.78. The molecule has 106 valence electrons. The monoisotopic (exact) mass is 278 g/mol. The molecular formula is C19H18O2. The van der Waals surface area contributed by atoms with Gasteiger partial charge in [-0.1, -0.05) is 54.6 Å². The third kappa shape index (κ3) is 2.31. The third-order valence-corrected chi connectivity index (χ3v) is 4.24. The van der Waals surface area contributed by atoms with Gasteiger partial charge in [-0.2, -0.15) is 0 Å². The Morgan fingerprint density at radius 1 is 0.762 bits per heavy atom. The molecule has 0 N–H and O–H groups in total. The fraction of sp³-hybridized carbons (Fsp3) is 0.263. The van der Waals surface area contributed by atoms with E-state index in [1.807, 2.05) is 0 Å². The van der Waals surface area contributed by atoms with Crippen molar-refractivity contribution in [1.29, 1.82) is 0 Å². The van der Waals surface area contributed by atoms with Crippen LogP contribution in [0.1, 0.15) is 23.1 Å². The van der Waals surface area contributed by atoms with Gasteiger partial charge < -0.3 is 9.47 Å². The van der Waals surface area contributed by atoms with E-state index in [-0.39, 0.29) is 6.29 Å². The summed E-state index contributed by atoms with van der Waals surface area (Å²) in [5, 5.41) is 0. The Bertz CT molecular complexity index is 667. The first-order chi connectivity index (χ1) is 10.4. The summed E-state index contributed by atoms with van der Waals surface area (Å²) in [6, 6.07) is 19.3. The minimum absolute atomic E-state index is 0.173. The third-order valence-electron chi connectivity index (χ3n) is 4.24. The highest BCUT2D eigenvalue weighted by Crippen LogP contribution is 2.38. The SMILES string of the molecule is c1ccc(C2=C(C3OCCO3)CCc3ccccc32)cc1. The quantitative estimate of drug-likeness (QED) is 0.831. The van der Waals surface area contributed by atoms with Crippen LogP contribution in [0.2, 0.25) is 0 Å². The molecule has 21 heavy (non-hydrogen) atoms. The first-order valence-corrected chi connectivity index (χ1v) is 7.53. The minimum atomic E-state index is -0.173. The van der Waals surface area contributed by atoms with Gasteiger partial charge in [0.1, 0.15) is 0 Å². The van der Waals surface area contributed by atoms with E-state index in [1.54, 1.807) is 0 Å². The molecule has 0 spiro atoms. The zero-order valence-electron chi connectivity index (χ0n) is 11.9. The lowest BCUT2D eigenvalue weighted by Gasteiger charge is -2.26. The van der Waals surface area contributed by atoms with Gasteiger partial charge in [0.05, 0.1) is 13.2 Å². The number of hydrogen-bond donors (Lipinski definition) is 0. The summed E-state index contributed by atoms with van der Waals surface area (Å²) in [6.07, 6.45) is 1.89. The summed E-state index contributed by atoms with van der Waals surface area (Å²) in [7, 11) is 0. The standard InChI is InChI=1S/C19H18O2/c1-2-7-15(8-3-1)18-16-9-5-4-6-14(16)10-11-17(18)19-20-12-13-21-19/h1-9,19H,10-13H2. The molecular weight excluding hydrogens is 260 g/mol. The number of ether oxygens (including phenoxy) is 2. The lowest BCUT2D eigenvalue weighted by atomic mass is 9.82. The van der Waals surface area contributed by atoms with Crippen molar-refractivity contribution in [3.8, 4) is 0 Å². The maximum Gasteiger partial charge on any atom is 0.180 e. The van der Waals surface area contributed by atoms with E-state index in [4.69, 9.17) is 9.47 Å². The topological polar surface area (TPSA) is 18.5 Å². The molecule has 1 aliphatic heterocycles. The number of hydrogen-bond acceptors (Lipinski definition) is 2. The molecule has 0 atom stereocenters. The van der Waals surface area contributed by atoms with Gasteiger partial charge in [0.15, 0.2) is 6.29 Å². The summed E-state index contributed by atoms with van der Waals surface area (Å²) in [6.45, 7) is 1.38. The molecule has 1 fully saturated rings. The van der Waals surface area contributed by atoms with Crippen LogP contribution in [0.25, 0.3) is 5.57 Å². The molecule has 0 unspecified atom stereocenters. The van der Waals surface area contributed by atoms with Crippen LogP contribution in [0.4, 0.5) is 0 Å². The lowest BCUT2D eigenvalue weighted by molar-refractivity contribution is -0.0130.